The van der Waals surface area contributed by atoms with E-state index >= 15 is 0 Å². The minimum atomic E-state index is -0.277. The van der Waals surface area contributed by atoms with Crippen LogP contribution in [0.2, 0.25) is 0 Å². The van der Waals surface area contributed by atoms with Gasteiger partial charge in [0, 0.05) is 38.9 Å². The highest BCUT2D eigenvalue weighted by Crippen LogP contribution is 2.39. The molecule has 1 spiro atoms. The highest BCUT2D eigenvalue weighted by molar-refractivity contribution is 9.10. The number of amides is 1. The van der Waals surface area contributed by atoms with Crippen LogP contribution in [-0.4, -0.2) is 54.6 Å². The van der Waals surface area contributed by atoms with E-state index in [1.165, 1.54) is 0 Å². The Labute approximate surface area is 154 Å². The van der Waals surface area contributed by atoms with Crippen molar-refractivity contribution in [1.82, 2.24) is 14.9 Å². The normalized spacial score (nSPS) is 22.3. The zero-order valence-electron chi connectivity index (χ0n) is 14.2. The second kappa shape index (κ2) is 6.10. The van der Waals surface area contributed by atoms with Gasteiger partial charge in [0.05, 0.1) is 24.3 Å². The third-order valence-electron chi connectivity index (χ3n) is 4.82. The molecular weight excluding hydrogens is 388 g/mol. The Morgan fingerprint density at radius 3 is 2.96 bits per heavy atom. The lowest BCUT2D eigenvalue weighted by Gasteiger charge is -2.34. The van der Waals surface area contributed by atoms with Crippen molar-refractivity contribution in [3.8, 4) is 0 Å². The van der Waals surface area contributed by atoms with Crippen LogP contribution in [0.5, 0.6) is 0 Å². The van der Waals surface area contributed by atoms with Gasteiger partial charge >= 0.3 is 0 Å². The van der Waals surface area contributed by atoms with Gasteiger partial charge in [0.2, 0.25) is 5.95 Å². The SMILES string of the molecule is CN(C)c1ncc2c(n1)C1(CCN(C(=O)c3ccc(Br)o3)C1)COC2. The lowest BCUT2D eigenvalue weighted by atomic mass is 9.80. The summed E-state index contributed by atoms with van der Waals surface area (Å²) in [6.45, 7) is 2.31. The average Bonchev–Trinajstić information content (AvgIpc) is 3.22. The molecule has 8 heteroatoms. The molecular formula is C17H19BrN4O3. The average molecular weight is 407 g/mol. The van der Waals surface area contributed by atoms with Crippen LogP contribution in [0, 0.1) is 0 Å². The van der Waals surface area contributed by atoms with E-state index in [0.29, 0.717) is 42.7 Å². The molecule has 1 fully saturated rings. The highest BCUT2D eigenvalue weighted by atomic mass is 79.9. The number of halogens is 1. The molecule has 1 saturated heterocycles. The van der Waals surface area contributed by atoms with Crippen LogP contribution >= 0.6 is 15.9 Å². The van der Waals surface area contributed by atoms with Gasteiger partial charge in [0.1, 0.15) is 0 Å². The van der Waals surface area contributed by atoms with E-state index in [0.717, 1.165) is 17.7 Å². The molecule has 0 saturated carbocycles. The minimum Gasteiger partial charge on any atom is -0.444 e. The van der Waals surface area contributed by atoms with Gasteiger partial charge in [-0.25, -0.2) is 9.97 Å². The number of likely N-dealkylation sites (tertiary alicyclic amines) is 1. The predicted molar refractivity (Wildman–Crippen MR) is 94.6 cm³/mol. The quantitative estimate of drug-likeness (QED) is 0.761. The summed E-state index contributed by atoms with van der Waals surface area (Å²) in [5, 5.41) is 0. The standard InChI is InChI=1S/C17H19BrN4O3/c1-21(2)16-19-7-11-8-24-10-17(14(11)20-16)5-6-22(9-17)15(23)12-3-4-13(18)25-12/h3-4,7H,5-6,8-10H2,1-2H3. The van der Waals surface area contributed by atoms with Crippen LogP contribution in [0.25, 0.3) is 0 Å². The first-order valence-electron chi connectivity index (χ1n) is 8.15. The smallest absolute Gasteiger partial charge is 0.289 e. The summed E-state index contributed by atoms with van der Waals surface area (Å²) in [4.78, 5) is 25.6. The largest absolute Gasteiger partial charge is 0.444 e. The first-order valence-corrected chi connectivity index (χ1v) is 8.94. The Kier molecular flexibility index (Phi) is 4.04. The van der Waals surface area contributed by atoms with E-state index in [1.807, 2.05) is 30.1 Å². The number of rotatable bonds is 2. The summed E-state index contributed by atoms with van der Waals surface area (Å²) < 4.78 is 11.8. The molecule has 4 heterocycles. The number of carbonyl (C=O) groups excluding carboxylic acids is 1. The Balaban J connectivity index is 1.64. The molecule has 7 nitrogen and oxygen atoms in total. The molecule has 2 aliphatic rings. The zero-order chi connectivity index (χ0) is 17.6. The molecule has 0 N–H and O–H groups in total. The molecule has 0 aromatic carbocycles. The fourth-order valence-electron chi connectivity index (χ4n) is 3.54. The first-order chi connectivity index (χ1) is 12.0. The van der Waals surface area contributed by atoms with Gasteiger partial charge in [-0.05, 0) is 34.5 Å². The first kappa shape index (κ1) is 16.5. The van der Waals surface area contributed by atoms with Crippen molar-refractivity contribution >= 4 is 27.8 Å². The van der Waals surface area contributed by atoms with Gasteiger partial charge in [0.25, 0.3) is 5.91 Å². The molecule has 0 aliphatic carbocycles. The van der Waals surface area contributed by atoms with Crippen molar-refractivity contribution in [1.29, 1.82) is 0 Å². The van der Waals surface area contributed by atoms with Crippen molar-refractivity contribution < 1.29 is 13.9 Å². The second-order valence-electron chi connectivity index (χ2n) is 6.79. The fraction of sp³-hybridized carbons (Fsp3) is 0.471. The number of anilines is 1. The number of carbonyl (C=O) groups is 1. The van der Waals surface area contributed by atoms with Crippen molar-refractivity contribution in [2.24, 2.45) is 0 Å². The number of furan rings is 1. The number of nitrogens with zero attached hydrogens (tertiary/aromatic N) is 4. The molecule has 2 aromatic heterocycles. The molecule has 2 aliphatic heterocycles. The van der Waals surface area contributed by atoms with Crippen LogP contribution in [0.15, 0.2) is 27.4 Å². The number of ether oxygens (including phenoxy) is 1. The fourth-order valence-corrected chi connectivity index (χ4v) is 3.85. The monoisotopic (exact) mass is 406 g/mol. The summed E-state index contributed by atoms with van der Waals surface area (Å²) in [5.41, 5.74) is 1.74. The Morgan fingerprint density at radius 1 is 1.40 bits per heavy atom. The van der Waals surface area contributed by atoms with E-state index in [2.05, 4.69) is 20.9 Å². The zero-order valence-corrected chi connectivity index (χ0v) is 15.7. The van der Waals surface area contributed by atoms with E-state index in [-0.39, 0.29) is 11.3 Å². The van der Waals surface area contributed by atoms with Gasteiger partial charge in [-0.2, -0.15) is 0 Å². The number of aromatic nitrogens is 2. The van der Waals surface area contributed by atoms with E-state index in [1.54, 1.807) is 12.1 Å². The van der Waals surface area contributed by atoms with E-state index in [9.17, 15) is 4.79 Å². The molecule has 4 rings (SSSR count). The molecule has 132 valence electrons. The summed E-state index contributed by atoms with van der Waals surface area (Å²) in [6.07, 6.45) is 2.66. The Bertz CT molecular complexity index is 822. The lowest BCUT2D eigenvalue weighted by molar-refractivity contribution is 0.0479. The summed E-state index contributed by atoms with van der Waals surface area (Å²) in [6, 6.07) is 3.42. The van der Waals surface area contributed by atoms with Crippen molar-refractivity contribution in [2.45, 2.75) is 18.4 Å². The summed E-state index contributed by atoms with van der Waals surface area (Å²) in [7, 11) is 3.85. The van der Waals surface area contributed by atoms with Crippen molar-refractivity contribution in [3.05, 3.63) is 40.0 Å². The lowest BCUT2D eigenvalue weighted by Crippen LogP contribution is -2.42. The molecule has 1 amide bonds. The van der Waals surface area contributed by atoms with Gasteiger partial charge in [-0.3, -0.25) is 4.79 Å². The third kappa shape index (κ3) is 2.83. The molecule has 25 heavy (non-hydrogen) atoms. The number of fused-ring (bicyclic) bond motifs is 2. The molecule has 0 radical (unpaired) electrons. The number of hydrogen-bond acceptors (Lipinski definition) is 6. The highest BCUT2D eigenvalue weighted by Gasteiger charge is 2.46. The van der Waals surface area contributed by atoms with Gasteiger partial charge < -0.3 is 19.0 Å². The molecule has 1 atom stereocenters. The second-order valence-corrected chi connectivity index (χ2v) is 7.57. The molecule has 2 aromatic rings. The Hall–Kier alpha value is -1.93. The van der Waals surface area contributed by atoms with Gasteiger partial charge in [-0.15, -0.1) is 0 Å². The van der Waals surface area contributed by atoms with E-state index < -0.39 is 0 Å². The van der Waals surface area contributed by atoms with Gasteiger partial charge in [0.15, 0.2) is 10.4 Å². The van der Waals surface area contributed by atoms with Crippen LogP contribution in [0.1, 0.15) is 28.2 Å². The summed E-state index contributed by atoms with van der Waals surface area (Å²) >= 11 is 3.24. The van der Waals surface area contributed by atoms with Gasteiger partial charge in [-0.1, -0.05) is 0 Å². The van der Waals surface area contributed by atoms with E-state index in [4.69, 9.17) is 14.1 Å². The van der Waals surface area contributed by atoms with Crippen LogP contribution in [0.4, 0.5) is 5.95 Å². The molecule has 0 bridgehead atoms. The maximum atomic E-state index is 12.7. The Morgan fingerprint density at radius 2 is 2.24 bits per heavy atom. The predicted octanol–water partition coefficient (Wildman–Crippen LogP) is 2.21. The number of hydrogen-bond donors (Lipinski definition) is 0. The minimum absolute atomic E-state index is 0.100. The molecule has 1 unspecified atom stereocenters. The maximum absolute atomic E-state index is 12.7. The van der Waals surface area contributed by atoms with Crippen LogP contribution in [-0.2, 0) is 16.8 Å². The van der Waals surface area contributed by atoms with Crippen molar-refractivity contribution in [3.63, 3.8) is 0 Å². The third-order valence-corrected chi connectivity index (χ3v) is 5.24. The maximum Gasteiger partial charge on any atom is 0.289 e. The van der Waals surface area contributed by atoms with Crippen LogP contribution in [0.3, 0.4) is 0 Å². The summed E-state index contributed by atoms with van der Waals surface area (Å²) in [5.74, 6) is 0.925. The van der Waals surface area contributed by atoms with Crippen molar-refractivity contribution in [2.75, 3.05) is 38.7 Å². The van der Waals surface area contributed by atoms with Crippen LogP contribution < -0.4 is 4.90 Å². The topological polar surface area (TPSA) is 71.7 Å².